The second-order valence-corrected chi connectivity index (χ2v) is 4.64. The Morgan fingerprint density at radius 2 is 2.31 bits per heavy atom. The molecule has 16 heavy (non-hydrogen) atoms. The van der Waals surface area contributed by atoms with Gasteiger partial charge in [0.05, 0.1) is 7.11 Å². The van der Waals surface area contributed by atoms with Crippen molar-refractivity contribution in [2.24, 2.45) is 0 Å². The van der Waals surface area contributed by atoms with E-state index < -0.39 is 0 Å². The van der Waals surface area contributed by atoms with Gasteiger partial charge in [-0.05, 0) is 24.6 Å². The monoisotopic (exact) mass is 287 g/mol. The SMILES string of the molecule is C=C(Br)CNC(C)c1ccc(F)c(OC)c1. The van der Waals surface area contributed by atoms with Crippen LogP contribution in [0.3, 0.4) is 0 Å². The summed E-state index contributed by atoms with van der Waals surface area (Å²) in [7, 11) is 1.46. The fourth-order valence-electron chi connectivity index (χ4n) is 1.33. The molecule has 0 aromatic heterocycles. The van der Waals surface area contributed by atoms with Gasteiger partial charge in [0.15, 0.2) is 11.6 Å². The van der Waals surface area contributed by atoms with E-state index in [0.717, 1.165) is 10.0 Å². The lowest BCUT2D eigenvalue weighted by Gasteiger charge is -2.15. The summed E-state index contributed by atoms with van der Waals surface area (Å²) in [5, 5.41) is 3.24. The molecule has 0 bridgehead atoms. The normalized spacial score (nSPS) is 12.2. The van der Waals surface area contributed by atoms with Gasteiger partial charge in [-0.25, -0.2) is 4.39 Å². The maximum absolute atomic E-state index is 13.2. The molecule has 1 atom stereocenters. The number of halogens is 2. The summed E-state index contributed by atoms with van der Waals surface area (Å²) in [4.78, 5) is 0. The Morgan fingerprint density at radius 3 is 2.88 bits per heavy atom. The van der Waals surface area contributed by atoms with Crippen LogP contribution in [0.1, 0.15) is 18.5 Å². The molecule has 1 aromatic rings. The first-order valence-corrected chi connectivity index (χ1v) is 5.74. The maximum Gasteiger partial charge on any atom is 0.165 e. The first-order chi connectivity index (χ1) is 7.54. The van der Waals surface area contributed by atoms with Crippen LogP contribution >= 0.6 is 15.9 Å². The van der Waals surface area contributed by atoms with Crippen LogP contribution in [0.25, 0.3) is 0 Å². The van der Waals surface area contributed by atoms with Crippen molar-refractivity contribution in [1.29, 1.82) is 0 Å². The molecule has 2 nitrogen and oxygen atoms in total. The van der Waals surface area contributed by atoms with E-state index in [9.17, 15) is 4.39 Å². The van der Waals surface area contributed by atoms with Crippen LogP contribution in [0.4, 0.5) is 4.39 Å². The standard InChI is InChI=1S/C12H15BrFNO/c1-8(13)7-15-9(2)10-4-5-11(14)12(6-10)16-3/h4-6,9,15H,1,7H2,2-3H3. The van der Waals surface area contributed by atoms with Gasteiger partial charge in [-0.1, -0.05) is 28.6 Å². The summed E-state index contributed by atoms with van der Waals surface area (Å²) in [6, 6.07) is 4.97. The zero-order valence-corrected chi connectivity index (χ0v) is 11.0. The van der Waals surface area contributed by atoms with Crippen LogP contribution in [-0.4, -0.2) is 13.7 Å². The molecule has 4 heteroatoms. The summed E-state index contributed by atoms with van der Waals surface area (Å²) >= 11 is 3.27. The number of hydrogen-bond acceptors (Lipinski definition) is 2. The van der Waals surface area contributed by atoms with Crippen LogP contribution in [0.2, 0.25) is 0 Å². The molecule has 0 saturated heterocycles. The number of methoxy groups -OCH3 is 1. The fourth-order valence-corrected chi connectivity index (χ4v) is 1.49. The smallest absolute Gasteiger partial charge is 0.165 e. The summed E-state index contributed by atoms with van der Waals surface area (Å²) < 4.78 is 19.0. The largest absolute Gasteiger partial charge is 0.494 e. The predicted octanol–water partition coefficient (Wildman–Crippen LogP) is 3.39. The molecule has 1 N–H and O–H groups in total. The van der Waals surface area contributed by atoms with Crippen LogP contribution < -0.4 is 10.1 Å². The molecule has 0 radical (unpaired) electrons. The second-order valence-electron chi connectivity index (χ2n) is 3.51. The first kappa shape index (κ1) is 13.2. The van der Waals surface area contributed by atoms with Crippen molar-refractivity contribution in [1.82, 2.24) is 5.32 Å². The van der Waals surface area contributed by atoms with E-state index >= 15 is 0 Å². The minimum absolute atomic E-state index is 0.115. The number of rotatable bonds is 5. The van der Waals surface area contributed by atoms with Gasteiger partial charge >= 0.3 is 0 Å². The highest BCUT2D eigenvalue weighted by Crippen LogP contribution is 2.22. The average molecular weight is 288 g/mol. The Morgan fingerprint density at radius 1 is 1.62 bits per heavy atom. The summed E-state index contributed by atoms with van der Waals surface area (Å²) in [5.41, 5.74) is 0.979. The molecule has 1 rings (SSSR count). The Kier molecular flexibility index (Phi) is 4.96. The van der Waals surface area contributed by atoms with E-state index in [1.807, 2.05) is 6.92 Å². The average Bonchev–Trinajstić information content (AvgIpc) is 2.26. The van der Waals surface area contributed by atoms with Crippen LogP contribution in [-0.2, 0) is 0 Å². The van der Waals surface area contributed by atoms with Crippen LogP contribution in [0.5, 0.6) is 5.75 Å². The molecule has 0 aliphatic carbocycles. The van der Waals surface area contributed by atoms with E-state index in [4.69, 9.17) is 4.74 Å². The van der Waals surface area contributed by atoms with E-state index in [2.05, 4.69) is 27.8 Å². The quantitative estimate of drug-likeness (QED) is 0.896. The Bertz CT molecular complexity index is 381. The van der Waals surface area contributed by atoms with Crippen LogP contribution in [0.15, 0.2) is 29.3 Å². The van der Waals surface area contributed by atoms with Crippen molar-refractivity contribution in [2.45, 2.75) is 13.0 Å². The van der Waals surface area contributed by atoms with Gasteiger partial charge in [-0.3, -0.25) is 0 Å². The van der Waals surface area contributed by atoms with Gasteiger partial charge < -0.3 is 10.1 Å². The third kappa shape index (κ3) is 3.61. The maximum atomic E-state index is 13.2. The number of ether oxygens (including phenoxy) is 1. The van der Waals surface area contributed by atoms with Crippen LogP contribution in [0, 0.1) is 5.82 Å². The minimum atomic E-state index is -0.344. The predicted molar refractivity (Wildman–Crippen MR) is 67.4 cm³/mol. The number of nitrogens with one attached hydrogen (secondary N) is 1. The zero-order valence-electron chi connectivity index (χ0n) is 9.39. The van der Waals surface area contributed by atoms with E-state index in [0.29, 0.717) is 6.54 Å². The van der Waals surface area contributed by atoms with Crippen molar-refractivity contribution in [3.05, 3.63) is 40.6 Å². The van der Waals surface area contributed by atoms with E-state index in [-0.39, 0.29) is 17.6 Å². The molecule has 0 fully saturated rings. The molecule has 0 saturated carbocycles. The Balaban J connectivity index is 2.75. The highest BCUT2D eigenvalue weighted by Gasteiger charge is 2.09. The van der Waals surface area contributed by atoms with Gasteiger partial charge in [0.25, 0.3) is 0 Å². The molecular weight excluding hydrogens is 273 g/mol. The number of benzene rings is 1. The molecule has 0 aliphatic rings. The summed E-state index contributed by atoms with van der Waals surface area (Å²) in [6.45, 7) is 6.41. The van der Waals surface area contributed by atoms with Crippen molar-refractivity contribution in [3.8, 4) is 5.75 Å². The van der Waals surface area contributed by atoms with Crippen molar-refractivity contribution < 1.29 is 9.13 Å². The third-order valence-electron chi connectivity index (χ3n) is 2.28. The lowest BCUT2D eigenvalue weighted by molar-refractivity contribution is 0.385. The molecule has 1 aromatic carbocycles. The molecule has 88 valence electrons. The van der Waals surface area contributed by atoms with E-state index in [1.165, 1.54) is 13.2 Å². The molecule has 0 aliphatic heterocycles. The zero-order chi connectivity index (χ0) is 12.1. The van der Waals surface area contributed by atoms with Crippen molar-refractivity contribution >= 4 is 15.9 Å². The molecule has 0 heterocycles. The lowest BCUT2D eigenvalue weighted by atomic mass is 10.1. The minimum Gasteiger partial charge on any atom is -0.494 e. The summed E-state index contributed by atoms with van der Waals surface area (Å²) in [6.07, 6.45) is 0. The highest BCUT2D eigenvalue weighted by molar-refractivity contribution is 9.11. The van der Waals surface area contributed by atoms with Gasteiger partial charge in [0.1, 0.15) is 0 Å². The molecule has 0 amide bonds. The summed E-state index contributed by atoms with van der Waals surface area (Å²) in [5.74, 6) is -0.0767. The van der Waals surface area contributed by atoms with Crippen molar-refractivity contribution in [2.75, 3.05) is 13.7 Å². The Labute approximate surface area is 104 Å². The van der Waals surface area contributed by atoms with Gasteiger partial charge in [0.2, 0.25) is 0 Å². The topological polar surface area (TPSA) is 21.3 Å². The third-order valence-corrected chi connectivity index (χ3v) is 2.56. The molecule has 1 unspecified atom stereocenters. The van der Waals surface area contributed by atoms with Crippen molar-refractivity contribution in [3.63, 3.8) is 0 Å². The Hall–Kier alpha value is -0.870. The highest BCUT2D eigenvalue weighted by atomic mass is 79.9. The first-order valence-electron chi connectivity index (χ1n) is 4.94. The molecular formula is C12H15BrFNO. The lowest BCUT2D eigenvalue weighted by Crippen LogP contribution is -2.19. The van der Waals surface area contributed by atoms with E-state index in [1.54, 1.807) is 12.1 Å². The van der Waals surface area contributed by atoms with Gasteiger partial charge in [-0.2, -0.15) is 0 Å². The van der Waals surface area contributed by atoms with Gasteiger partial charge in [0, 0.05) is 17.1 Å². The molecule has 0 spiro atoms. The van der Waals surface area contributed by atoms with Gasteiger partial charge in [-0.15, -0.1) is 0 Å². The second kappa shape index (κ2) is 6.01. The fraction of sp³-hybridized carbons (Fsp3) is 0.333. The number of hydrogen-bond donors (Lipinski definition) is 1.